The van der Waals surface area contributed by atoms with Gasteiger partial charge in [0.1, 0.15) is 11.4 Å². The number of carbonyl (C=O) groups is 1. The molecule has 1 aliphatic rings. The Labute approximate surface area is 184 Å². The maximum Gasteiger partial charge on any atom is 0.408 e. The normalized spacial score (nSPS) is 17.0. The van der Waals surface area contributed by atoms with Gasteiger partial charge in [-0.1, -0.05) is 48.5 Å². The van der Waals surface area contributed by atoms with Gasteiger partial charge in [-0.2, -0.15) is 0 Å². The van der Waals surface area contributed by atoms with Crippen molar-refractivity contribution in [1.29, 1.82) is 0 Å². The van der Waals surface area contributed by atoms with Crippen LogP contribution in [0, 0.1) is 0 Å². The molecule has 0 aromatic heterocycles. The number of aliphatic imine (C=N–C) groups is 1. The van der Waals surface area contributed by atoms with Crippen LogP contribution < -0.4 is 20.7 Å². The third kappa shape index (κ3) is 6.64. The van der Waals surface area contributed by atoms with Gasteiger partial charge in [-0.05, 0) is 32.4 Å². The van der Waals surface area contributed by atoms with Crippen LogP contribution in [0.3, 0.4) is 0 Å². The highest BCUT2D eigenvalue weighted by Gasteiger charge is 2.23. The molecule has 0 aliphatic carbocycles. The van der Waals surface area contributed by atoms with E-state index in [1.165, 1.54) is 0 Å². The van der Waals surface area contributed by atoms with Crippen LogP contribution in [0.2, 0.25) is 0 Å². The average Bonchev–Trinajstić information content (AvgIpc) is 2.75. The SMILES string of the molecule is CN=C(NCC(NC(=O)OC(C)(C)C)c1ccccc1)NC1CCOc2ccccc21. The molecule has 0 spiro atoms. The van der Waals surface area contributed by atoms with E-state index in [4.69, 9.17) is 9.47 Å². The van der Waals surface area contributed by atoms with Crippen LogP contribution in [0.1, 0.15) is 50.4 Å². The highest BCUT2D eigenvalue weighted by atomic mass is 16.6. The first kappa shape index (κ1) is 22.5. The summed E-state index contributed by atoms with van der Waals surface area (Å²) < 4.78 is 11.2. The molecular formula is C24H32N4O3. The van der Waals surface area contributed by atoms with Crippen molar-refractivity contribution in [2.75, 3.05) is 20.2 Å². The molecule has 7 nitrogen and oxygen atoms in total. The molecule has 0 bridgehead atoms. The lowest BCUT2D eigenvalue weighted by Gasteiger charge is -2.29. The Balaban J connectivity index is 1.66. The summed E-state index contributed by atoms with van der Waals surface area (Å²) in [5.41, 5.74) is 1.53. The second-order valence-electron chi connectivity index (χ2n) is 8.43. The predicted molar refractivity (Wildman–Crippen MR) is 122 cm³/mol. The highest BCUT2D eigenvalue weighted by molar-refractivity contribution is 5.80. The molecule has 3 rings (SSSR count). The number of fused-ring (bicyclic) bond motifs is 1. The van der Waals surface area contributed by atoms with Crippen molar-refractivity contribution in [2.45, 2.75) is 44.9 Å². The summed E-state index contributed by atoms with van der Waals surface area (Å²) in [6.07, 6.45) is 0.389. The Morgan fingerprint density at radius 2 is 1.87 bits per heavy atom. The first-order chi connectivity index (χ1) is 14.9. The number of hydrogen-bond acceptors (Lipinski definition) is 4. The first-order valence-electron chi connectivity index (χ1n) is 10.6. The lowest BCUT2D eigenvalue weighted by molar-refractivity contribution is 0.0504. The van der Waals surface area contributed by atoms with Crippen molar-refractivity contribution < 1.29 is 14.3 Å². The van der Waals surface area contributed by atoms with E-state index in [1.807, 2.05) is 69.3 Å². The quantitative estimate of drug-likeness (QED) is 0.500. The summed E-state index contributed by atoms with van der Waals surface area (Å²) in [6.45, 7) is 6.64. The maximum atomic E-state index is 12.4. The smallest absolute Gasteiger partial charge is 0.408 e. The van der Waals surface area contributed by atoms with Crippen LogP contribution in [-0.4, -0.2) is 37.9 Å². The molecule has 1 aliphatic heterocycles. The summed E-state index contributed by atoms with van der Waals surface area (Å²) in [6, 6.07) is 17.7. The zero-order valence-electron chi connectivity index (χ0n) is 18.6. The van der Waals surface area contributed by atoms with Gasteiger partial charge >= 0.3 is 6.09 Å². The predicted octanol–water partition coefficient (Wildman–Crippen LogP) is 3.94. The fraction of sp³-hybridized carbons (Fsp3) is 0.417. The minimum atomic E-state index is -0.563. The molecule has 0 saturated heterocycles. The minimum absolute atomic E-state index is 0.102. The number of nitrogens with one attached hydrogen (secondary N) is 3. The van der Waals surface area contributed by atoms with Gasteiger partial charge in [0.25, 0.3) is 0 Å². The van der Waals surface area contributed by atoms with Gasteiger partial charge in [-0.3, -0.25) is 4.99 Å². The Morgan fingerprint density at radius 3 is 2.58 bits per heavy atom. The second-order valence-corrected chi connectivity index (χ2v) is 8.43. The van der Waals surface area contributed by atoms with Gasteiger partial charge in [-0.15, -0.1) is 0 Å². The van der Waals surface area contributed by atoms with Crippen molar-refractivity contribution in [3.63, 3.8) is 0 Å². The third-order valence-electron chi connectivity index (χ3n) is 4.86. The Kier molecular flexibility index (Phi) is 7.39. The number of benzene rings is 2. The number of ether oxygens (including phenoxy) is 2. The van der Waals surface area contributed by atoms with Gasteiger partial charge in [0.2, 0.25) is 0 Å². The molecule has 3 N–H and O–H groups in total. The van der Waals surface area contributed by atoms with E-state index in [-0.39, 0.29) is 12.1 Å². The van der Waals surface area contributed by atoms with E-state index >= 15 is 0 Å². The van der Waals surface area contributed by atoms with Crippen LogP contribution in [0.15, 0.2) is 59.6 Å². The van der Waals surface area contributed by atoms with Gasteiger partial charge in [0.05, 0.1) is 18.7 Å². The van der Waals surface area contributed by atoms with Crippen molar-refractivity contribution in [3.8, 4) is 5.75 Å². The van der Waals surface area contributed by atoms with Crippen LogP contribution >= 0.6 is 0 Å². The number of para-hydroxylation sites is 1. The molecule has 0 fully saturated rings. The fourth-order valence-electron chi connectivity index (χ4n) is 3.44. The zero-order valence-corrected chi connectivity index (χ0v) is 18.6. The Hall–Kier alpha value is -3.22. The molecule has 2 aromatic carbocycles. The summed E-state index contributed by atoms with van der Waals surface area (Å²) in [5.74, 6) is 1.56. The van der Waals surface area contributed by atoms with E-state index < -0.39 is 11.7 Å². The van der Waals surface area contributed by atoms with E-state index in [0.29, 0.717) is 19.1 Å². The fourth-order valence-corrected chi connectivity index (χ4v) is 3.44. The Bertz CT molecular complexity index is 893. The minimum Gasteiger partial charge on any atom is -0.493 e. The lowest BCUT2D eigenvalue weighted by Crippen LogP contribution is -2.45. The highest BCUT2D eigenvalue weighted by Crippen LogP contribution is 2.31. The largest absolute Gasteiger partial charge is 0.493 e. The molecule has 2 atom stereocenters. The molecule has 31 heavy (non-hydrogen) atoms. The van der Waals surface area contributed by atoms with E-state index in [0.717, 1.165) is 23.3 Å². The van der Waals surface area contributed by atoms with Gasteiger partial charge in [-0.25, -0.2) is 4.79 Å². The van der Waals surface area contributed by atoms with Crippen molar-refractivity contribution in [2.24, 2.45) is 4.99 Å². The molecule has 1 amide bonds. The molecule has 7 heteroatoms. The third-order valence-corrected chi connectivity index (χ3v) is 4.86. The number of alkyl carbamates (subject to hydrolysis) is 1. The molecule has 0 saturated carbocycles. The van der Waals surface area contributed by atoms with Gasteiger partial charge in [0.15, 0.2) is 5.96 Å². The van der Waals surface area contributed by atoms with Crippen molar-refractivity contribution in [1.82, 2.24) is 16.0 Å². The number of amides is 1. The summed E-state index contributed by atoms with van der Waals surface area (Å²) in [5, 5.41) is 9.78. The molecule has 1 heterocycles. The Morgan fingerprint density at radius 1 is 1.16 bits per heavy atom. The van der Waals surface area contributed by atoms with Crippen molar-refractivity contribution in [3.05, 3.63) is 65.7 Å². The average molecular weight is 425 g/mol. The van der Waals surface area contributed by atoms with Crippen LogP contribution in [0.5, 0.6) is 5.75 Å². The van der Waals surface area contributed by atoms with Gasteiger partial charge < -0.3 is 25.4 Å². The van der Waals surface area contributed by atoms with Crippen LogP contribution in [0.4, 0.5) is 4.79 Å². The summed E-state index contributed by atoms with van der Waals surface area (Å²) >= 11 is 0. The standard InChI is InChI=1S/C24H32N4O3/c1-24(2,3)31-23(29)28-20(17-10-6-5-7-11-17)16-26-22(25-4)27-19-14-15-30-21-13-9-8-12-18(19)21/h5-13,19-20H,14-16H2,1-4H3,(H,28,29)(H2,25,26,27). The maximum absolute atomic E-state index is 12.4. The second kappa shape index (κ2) is 10.2. The number of carbonyl (C=O) groups excluding carboxylic acids is 1. The topological polar surface area (TPSA) is 84.0 Å². The lowest BCUT2D eigenvalue weighted by atomic mass is 10.0. The van der Waals surface area contributed by atoms with E-state index in [9.17, 15) is 4.79 Å². The number of nitrogens with zero attached hydrogens (tertiary/aromatic N) is 1. The molecule has 2 aromatic rings. The molecular weight excluding hydrogens is 392 g/mol. The first-order valence-corrected chi connectivity index (χ1v) is 10.6. The van der Waals surface area contributed by atoms with Gasteiger partial charge in [0, 0.05) is 25.6 Å². The van der Waals surface area contributed by atoms with Crippen LogP contribution in [-0.2, 0) is 4.74 Å². The van der Waals surface area contributed by atoms with Crippen LogP contribution in [0.25, 0.3) is 0 Å². The van der Waals surface area contributed by atoms with E-state index in [1.54, 1.807) is 7.05 Å². The molecule has 0 radical (unpaired) electrons. The number of guanidine groups is 1. The number of rotatable bonds is 5. The number of hydrogen-bond donors (Lipinski definition) is 3. The molecule has 2 unspecified atom stereocenters. The van der Waals surface area contributed by atoms with Crippen molar-refractivity contribution >= 4 is 12.1 Å². The van der Waals surface area contributed by atoms with E-state index in [2.05, 4.69) is 27.0 Å². The monoisotopic (exact) mass is 424 g/mol. The zero-order chi connectivity index (χ0) is 22.3. The molecule has 166 valence electrons. The summed E-state index contributed by atoms with van der Waals surface area (Å²) in [4.78, 5) is 16.8. The summed E-state index contributed by atoms with van der Waals surface area (Å²) in [7, 11) is 1.74.